The van der Waals surface area contributed by atoms with Gasteiger partial charge in [0.15, 0.2) is 17.1 Å². The van der Waals surface area contributed by atoms with Gasteiger partial charge >= 0.3 is 5.97 Å². The number of fused-ring (bicyclic) bond motifs is 1. The van der Waals surface area contributed by atoms with Crippen molar-refractivity contribution >= 4 is 28.5 Å². The molecule has 1 aliphatic heterocycles. The number of rotatable bonds is 8. The Kier molecular flexibility index (Phi) is 8.16. The van der Waals surface area contributed by atoms with Crippen LogP contribution < -0.4 is 15.6 Å². The Morgan fingerprint density at radius 2 is 1.90 bits per heavy atom. The van der Waals surface area contributed by atoms with E-state index in [1.807, 2.05) is 13.8 Å². The number of esters is 1. The van der Waals surface area contributed by atoms with E-state index in [-0.39, 0.29) is 23.3 Å². The van der Waals surface area contributed by atoms with E-state index in [9.17, 15) is 18.8 Å². The smallest absolute Gasteiger partial charge is 0.303 e. The molecule has 0 bridgehead atoms. The molecule has 3 heterocycles. The van der Waals surface area contributed by atoms with E-state index in [2.05, 4.69) is 10.5 Å². The van der Waals surface area contributed by atoms with Crippen LogP contribution in [0.4, 0.5) is 10.1 Å². The second-order valence-corrected chi connectivity index (χ2v) is 10.1. The number of halogens is 1. The summed E-state index contributed by atoms with van der Waals surface area (Å²) >= 11 is 0. The van der Waals surface area contributed by atoms with Gasteiger partial charge in [-0.05, 0) is 42.3 Å². The highest BCUT2D eigenvalue weighted by atomic mass is 19.1. The molecule has 0 aliphatic carbocycles. The number of nitrogens with one attached hydrogen (secondary N) is 1. The van der Waals surface area contributed by atoms with Crippen molar-refractivity contribution in [1.29, 1.82) is 0 Å². The largest absolute Gasteiger partial charge is 0.487 e. The third kappa shape index (κ3) is 6.14. The summed E-state index contributed by atoms with van der Waals surface area (Å²) in [6, 6.07) is 12.1. The molecule has 2 aromatic heterocycles. The number of amides is 1. The van der Waals surface area contributed by atoms with Crippen molar-refractivity contribution in [3.05, 3.63) is 82.2 Å². The fourth-order valence-corrected chi connectivity index (χ4v) is 4.70. The Labute approximate surface area is 235 Å². The lowest BCUT2D eigenvalue weighted by Crippen LogP contribution is -2.32. The van der Waals surface area contributed by atoms with Gasteiger partial charge in [-0.1, -0.05) is 19.0 Å². The van der Waals surface area contributed by atoms with Gasteiger partial charge in [0.05, 0.1) is 30.2 Å². The Hall–Kier alpha value is -4.51. The van der Waals surface area contributed by atoms with Crippen molar-refractivity contribution in [3.8, 4) is 11.4 Å². The molecule has 4 aromatic rings. The highest BCUT2D eigenvalue weighted by Gasteiger charge is 2.28. The summed E-state index contributed by atoms with van der Waals surface area (Å²) in [6.45, 7) is 6.19. The van der Waals surface area contributed by atoms with Crippen molar-refractivity contribution in [2.75, 3.05) is 18.5 Å². The van der Waals surface area contributed by atoms with Gasteiger partial charge in [-0.25, -0.2) is 4.39 Å². The molecule has 0 radical (unpaired) electrons. The zero-order chi connectivity index (χ0) is 29.1. The minimum absolute atomic E-state index is 0.00409. The van der Waals surface area contributed by atoms with E-state index in [1.165, 1.54) is 41.1 Å². The van der Waals surface area contributed by atoms with Crippen LogP contribution in [0.3, 0.4) is 0 Å². The number of anilines is 1. The van der Waals surface area contributed by atoms with Gasteiger partial charge in [0.2, 0.25) is 6.10 Å². The molecule has 1 amide bonds. The normalized spacial score (nSPS) is 14.7. The molecule has 1 fully saturated rings. The van der Waals surface area contributed by atoms with Gasteiger partial charge in [-0.15, -0.1) is 0 Å². The number of hydrogen-bond donors (Lipinski definition) is 1. The third-order valence-electron chi connectivity index (χ3n) is 6.75. The van der Waals surface area contributed by atoms with E-state index in [4.69, 9.17) is 18.7 Å². The highest BCUT2D eigenvalue weighted by Crippen LogP contribution is 2.28. The Bertz CT molecular complexity index is 1640. The first-order valence-corrected chi connectivity index (χ1v) is 13.3. The van der Waals surface area contributed by atoms with Gasteiger partial charge in [-0.2, -0.15) is 0 Å². The molecule has 1 N–H and O–H groups in total. The summed E-state index contributed by atoms with van der Waals surface area (Å²) in [5.41, 5.74) is 1.26. The summed E-state index contributed by atoms with van der Waals surface area (Å²) in [5, 5.41) is 7.60. The standard InChI is InChI=1S/C30H30FN3O7/c1-17(2)27-22-8-6-19(15-25(22)41-33-27)32-29(36)28(39-18(3)35)23-5-4-12-34(30(23)37)20-7-9-24(31)26(16-20)40-21-10-13-38-14-11-21/h4-9,12,15-17,21,28H,10-11,13-14H2,1-3H3,(H,32,36). The van der Waals surface area contributed by atoms with Crippen LogP contribution in [0.15, 0.2) is 64.0 Å². The summed E-state index contributed by atoms with van der Waals surface area (Å²) < 4.78 is 37.7. The van der Waals surface area contributed by atoms with Gasteiger partial charge in [0.25, 0.3) is 11.5 Å². The summed E-state index contributed by atoms with van der Waals surface area (Å²) in [4.78, 5) is 38.9. The molecule has 1 saturated heterocycles. The first-order chi connectivity index (χ1) is 19.7. The van der Waals surface area contributed by atoms with Crippen LogP contribution in [0.25, 0.3) is 16.7 Å². The van der Waals surface area contributed by atoms with Crippen LogP contribution in [0.2, 0.25) is 0 Å². The fraction of sp³-hybridized carbons (Fsp3) is 0.333. The molecule has 0 saturated carbocycles. The van der Waals surface area contributed by atoms with Crippen molar-refractivity contribution in [2.45, 2.75) is 51.7 Å². The predicted molar refractivity (Wildman–Crippen MR) is 148 cm³/mol. The minimum atomic E-state index is -1.55. The molecule has 1 aliphatic rings. The summed E-state index contributed by atoms with van der Waals surface area (Å²) in [7, 11) is 0. The maximum atomic E-state index is 14.6. The number of aromatic nitrogens is 2. The number of hydrogen-bond acceptors (Lipinski definition) is 8. The lowest BCUT2D eigenvalue weighted by Gasteiger charge is -2.24. The lowest BCUT2D eigenvalue weighted by molar-refractivity contribution is -0.152. The van der Waals surface area contributed by atoms with Crippen molar-refractivity contribution in [2.24, 2.45) is 0 Å². The lowest BCUT2D eigenvalue weighted by atomic mass is 10.1. The summed E-state index contributed by atoms with van der Waals surface area (Å²) in [6.07, 6.45) is 0.967. The average Bonchev–Trinajstić information content (AvgIpc) is 3.37. The minimum Gasteiger partial charge on any atom is -0.487 e. The van der Waals surface area contributed by atoms with Gasteiger partial charge in [0, 0.05) is 49.2 Å². The van der Waals surface area contributed by atoms with Gasteiger partial charge in [0.1, 0.15) is 6.10 Å². The number of carbonyl (C=O) groups excluding carboxylic acids is 2. The first-order valence-electron chi connectivity index (χ1n) is 13.3. The molecular weight excluding hydrogens is 533 g/mol. The monoisotopic (exact) mass is 563 g/mol. The molecule has 214 valence electrons. The Morgan fingerprint density at radius 3 is 2.63 bits per heavy atom. The molecule has 2 aromatic carbocycles. The maximum Gasteiger partial charge on any atom is 0.303 e. The predicted octanol–water partition coefficient (Wildman–Crippen LogP) is 5.04. The van der Waals surface area contributed by atoms with Crippen molar-refractivity contribution in [1.82, 2.24) is 9.72 Å². The number of nitrogens with zero attached hydrogens (tertiary/aromatic N) is 2. The van der Waals surface area contributed by atoms with Crippen LogP contribution in [0.1, 0.15) is 56.9 Å². The molecule has 11 heteroatoms. The number of pyridine rings is 1. The number of benzene rings is 2. The van der Waals surface area contributed by atoms with E-state index >= 15 is 0 Å². The molecule has 5 rings (SSSR count). The molecule has 0 spiro atoms. The first kappa shape index (κ1) is 28.0. The zero-order valence-corrected chi connectivity index (χ0v) is 22.9. The van der Waals surface area contributed by atoms with Gasteiger partial charge in [-0.3, -0.25) is 19.0 Å². The average molecular weight is 564 g/mol. The SMILES string of the molecule is CC(=O)OC(C(=O)Nc1ccc2c(C(C)C)noc2c1)c1cccn(-c2ccc(F)c(OC3CCOCC3)c2)c1=O. The maximum absolute atomic E-state index is 14.6. The number of carbonyl (C=O) groups is 2. The Morgan fingerprint density at radius 1 is 1.12 bits per heavy atom. The van der Waals surface area contributed by atoms with Crippen molar-refractivity contribution in [3.63, 3.8) is 0 Å². The third-order valence-corrected chi connectivity index (χ3v) is 6.75. The molecule has 10 nitrogen and oxygen atoms in total. The van der Waals surface area contributed by atoms with E-state index < -0.39 is 29.4 Å². The van der Waals surface area contributed by atoms with Crippen molar-refractivity contribution < 1.29 is 32.7 Å². The molecule has 1 unspecified atom stereocenters. The van der Waals surface area contributed by atoms with E-state index in [0.29, 0.717) is 43.0 Å². The van der Waals surface area contributed by atoms with Crippen LogP contribution >= 0.6 is 0 Å². The molecule has 41 heavy (non-hydrogen) atoms. The van der Waals surface area contributed by atoms with E-state index in [0.717, 1.165) is 18.0 Å². The summed E-state index contributed by atoms with van der Waals surface area (Å²) in [5.74, 6) is -1.90. The van der Waals surface area contributed by atoms with Crippen LogP contribution in [0.5, 0.6) is 5.75 Å². The van der Waals surface area contributed by atoms with Crippen LogP contribution in [0, 0.1) is 5.82 Å². The van der Waals surface area contributed by atoms with E-state index in [1.54, 1.807) is 18.2 Å². The number of ether oxygens (including phenoxy) is 3. The molecular formula is C30H30FN3O7. The quantitative estimate of drug-likeness (QED) is 0.296. The zero-order valence-electron chi connectivity index (χ0n) is 22.9. The fourth-order valence-electron chi connectivity index (χ4n) is 4.70. The second-order valence-electron chi connectivity index (χ2n) is 10.1. The van der Waals surface area contributed by atoms with Crippen LogP contribution in [-0.2, 0) is 19.1 Å². The Balaban J connectivity index is 1.44. The molecule has 1 atom stereocenters. The highest BCUT2D eigenvalue weighted by molar-refractivity contribution is 5.97. The van der Waals surface area contributed by atoms with Crippen LogP contribution in [-0.4, -0.2) is 40.9 Å². The second kappa shape index (κ2) is 11.9. The topological polar surface area (TPSA) is 122 Å². The van der Waals surface area contributed by atoms with Gasteiger partial charge < -0.3 is 24.1 Å².